The van der Waals surface area contributed by atoms with E-state index in [0.29, 0.717) is 23.3 Å². The van der Waals surface area contributed by atoms with Crippen LogP contribution < -0.4 is 10.2 Å². The molecule has 0 saturated carbocycles. The van der Waals surface area contributed by atoms with Gasteiger partial charge in [-0.2, -0.15) is 4.68 Å². The third-order valence-corrected chi connectivity index (χ3v) is 4.73. The summed E-state index contributed by atoms with van der Waals surface area (Å²) in [6, 6.07) is 13.1. The molecule has 2 aromatic heterocycles. The topological polar surface area (TPSA) is 88.8 Å². The number of carbonyl (C=O) groups is 1. The van der Waals surface area contributed by atoms with Crippen molar-refractivity contribution in [1.29, 1.82) is 0 Å². The summed E-state index contributed by atoms with van der Waals surface area (Å²) in [6.07, 6.45) is 3.20. The first kappa shape index (κ1) is 17.4. The molecule has 8 nitrogen and oxygen atoms in total. The van der Waals surface area contributed by atoms with Crippen molar-refractivity contribution in [3.05, 3.63) is 53.7 Å². The van der Waals surface area contributed by atoms with Crippen molar-refractivity contribution in [1.82, 2.24) is 25.2 Å². The lowest BCUT2D eigenvalue weighted by Gasteiger charge is -2.32. The van der Waals surface area contributed by atoms with Crippen LogP contribution in [0.3, 0.4) is 0 Å². The van der Waals surface area contributed by atoms with E-state index in [0.717, 1.165) is 25.1 Å². The van der Waals surface area contributed by atoms with E-state index in [1.807, 2.05) is 30.3 Å². The molecule has 0 radical (unpaired) electrons. The summed E-state index contributed by atoms with van der Waals surface area (Å²) in [6.45, 7) is 1.35. The number of anilines is 2. The largest absolute Gasteiger partial charge is 0.339 e. The van der Waals surface area contributed by atoms with Gasteiger partial charge in [-0.05, 0) is 47.5 Å². The molecule has 0 spiro atoms. The van der Waals surface area contributed by atoms with Gasteiger partial charge in [-0.3, -0.25) is 4.79 Å². The second kappa shape index (κ2) is 7.71. The fourth-order valence-electron chi connectivity index (χ4n) is 3.17. The first-order chi connectivity index (χ1) is 13.2. The Balaban J connectivity index is 1.48. The highest BCUT2D eigenvalue weighted by atomic mass is 35.5. The van der Waals surface area contributed by atoms with Crippen molar-refractivity contribution >= 4 is 29.3 Å². The van der Waals surface area contributed by atoms with Crippen LogP contribution in [0, 0.1) is 5.92 Å². The number of nitrogens with one attached hydrogen (secondary N) is 1. The van der Waals surface area contributed by atoms with E-state index in [2.05, 4.69) is 30.7 Å². The Hall–Kier alpha value is -3.00. The van der Waals surface area contributed by atoms with Gasteiger partial charge in [0.25, 0.3) is 0 Å². The Bertz CT molecular complexity index is 913. The van der Waals surface area contributed by atoms with Crippen molar-refractivity contribution < 1.29 is 4.79 Å². The Morgan fingerprint density at radius 3 is 2.81 bits per heavy atom. The molecule has 3 aromatic rings. The lowest BCUT2D eigenvalue weighted by atomic mass is 9.97. The minimum absolute atomic E-state index is 0.0618. The van der Waals surface area contributed by atoms with Crippen LogP contribution in [0.4, 0.5) is 11.8 Å². The number of nitrogens with zero attached hydrogens (tertiary/aromatic N) is 6. The maximum absolute atomic E-state index is 12.7. The second-order valence-electron chi connectivity index (χ2n) is 6.36. The molecule has 27 heavy (non-hydrogen) atoms. The fourth-order valence-corrected chi connectivity index (χ4v) is 3.28. The number of halogens is 1. The molecule has 3 heterocycles. The lowest BCUT2D eigenvalue weighted by Crippen LogP contribution is -2.42. The van der Waals surface area contributed by atoms with Crippen molar-refractivity contribution in [2.45, 2.75) is 12.8 Å². The quantitative estimate of drug-likeness (QED) is 0.744. The van der Waals surface area contributed by atoms with Gasteiger partial charge in [0, 0.05) is 19.3 Å². The maximum Gasteiger partial charge on any atom is 0.250 e. The summed E-state index contributed by atoms with van der Waals surface area (Å²) in [4.78, 5) is 18.8. The van der Waals surface area contributed by atoms with Gasteiger partial charge in [0.1, 0.15) is 5.82 Å². The number of rotatable bonds is 4. The van der Waals surface area contributed by atoms with Crippen LogP contribution in [0.5, 0.6) is 0 Å². The molecule has 138 valence electrons. The summed E-state index contributed by atoms with van der Waals surface area (Å²) in [7, 11) is 0. The Labute approximate surface area is 161 Å². The fraction of sp³-hybridized carbons (Fsp3) is 0.278. The number of carbonyl (C=O) groups excluding carboxylic acids is 1. The lowest BCUT2D eigenvalue weighted by molar-refractivity contribution is -0.120. The first-order valence-electron chi connectivity index (χ1n) is 8.72. The summed E-state index contributed by atoms with van der Waals surface area (Å²) in [5.74, 6) is 0.907. The molecule has 1 fully saturated rings. The van der Waals surface area contributed by atoms with Gasteiger partial charge in [0.05, 0.1) is 16.6 Å². The molecular weight excluding hydrogens is 366 g/mol. The average molecular weight is 384 g/mol. The van der Waals surface area contributed by atoms with E-state index >= 15 is 0 Å². The van der Waals surface area contributed by atoms with Gasteiger partial charge < -0.3 is 10.2 Å². The van der Waals surface area contributed by atoms with Crippen LogP contribution in [-0.2, 0) is 4.79 Å². The molecule has 1 saturated heterocycles. The van der Waals surface area contributed by atoms with E-state index in [4.69, 9.17) is 11.6 Å². The number of hydrogen-bond acceptors (Lipinski definition) is 6. The molecule has 1 aliphatic heterocycles. The molecular formula is C18H18ClN7O. The average Bonchev–Trinajstić information content (AvgIpc) is 3.20. The molecule has 9 heteroatoms. The number of pyridine rings is 1. The van der Waals surface area contributed by atoms with Gasteiger partial charge in [-0.1, -0.05) is 34.9 Å². The Morgan fingerprint density at radius 1 is 1.19 bits per heavy atom. The van der Waals surface area contributed by atoms with Crippen LogP contribution in [-0.4, -0.2) is 44.2 Å². The monoisotopic (exact) mass is 383 g/mol. The number of amides is 1. The number of hydrogen-bond donors (Lipinski definition) is 1. The van der Waals surface area contributed by atoms with Crippen molar-refractivity contribution in [3.8, 4) is 5.69 Å². The Morgan fingerprint density at radius 2 is 2.04 bits per heavy atom. The minimum Gasteiger partial charge on any atom is -0.339 e. The molecule has 0 bridgehead atoms. The van der Waals surface area contributed by atoms with Gasteiger partial charge in [0.2, 0.25) is 11.9 Å². The van der Waals surface area contributed by atoms with Gasteiger partial charge in [-0.15, -0.1) is 0 Å². The van der Waals surface area contributed by atoms with Gasteiger partial charge in [-0.25, -0.2) is 4.98 Å². The zero-order valence-corrected chi connectivity index (χ0v) is 15.3. The molecule has 4 rings (SSSR count). The minimum atomic E-state index is -0.169. The molecule has 0 aliphatic carbocycles. The molecule has 1 amide bonds. The summed E-state index contributed by atoms with van der Waals surface area (Å²) < 4.78 is 1.70. The van der Waals surface area contributed by atoms with Gasteiger partial charge in [0.15, 0.2) is 0 Å². The summed E-state index contributed by atoms with van der Waals surface area (Å²) in [5.41, 5.74) is 0.884. The molecule has 1 aromatic carbocycles. The number of benzene rings is 1. The number of para-hydroxylation sites is 1. The van der Waals surface area contributed by atoms with Crippen LogP contribution in [0.1, 0.15) is 12.8 Å². The van der Waals surface area contributed by atoms with Crippen molar-refractivity contribution in [3.63, 3.8) is 0 Å². The second-order valence-corrected chi connectivity index (χ2v) is 6.80. The van der Waals surface area contributed by atoms with Crippen LogP contribution in [0.15, 0.2) is 48.7 Å². The van der Waals surface area contributed by atoms with E-state index in [9.17, 15) is 4.79 Å². The normalized spacial score (nSPS) is 16.9. The molecule has 1 atom stereocenters. The highest BCUT2D eigenvalue weighted by Gasteiger charge is 2.29. The van der Waals surface area contributed by atoms with Gasteiger partial charge >= 0.3 is 0 Å². The molecule has 1 aliphatic rings. The number of tetrazole rings is 1. The smallest absolute Gasteiger partial charge is 0.250 e. The van der Waals surface area contributed by atoms with E-state index in [1.54, 1.807) is 16.8 Å². The zero-order valence-electron chi connectivity index (χ0n) is 14.5. The molecule has 1 N–H and O–H groups in total. The first-order valence-corrected chi connectivity index (χ1v) is 9.09. The predicted octanol–water partition coefficient (Wildman–Crippen LogP) is 2.57. The number of aromatic nitrogens is 5. The van der Waals surface area contributed by atoms with Crippen LogP contribution in [0.25, 0.3) is 5.69 Å². The highest BCUT2D eigenvalue weighted by Crippen LogP contribution is 2.24. The molecule has 1 unspecified atom stereocenters. The Kier molecular flexibility index (Phi) is 4.97. The van der Waals surface area contributed by atoms with E-state index in [-0.39, 0.29) is 11.8 Å². The van der Waals surface area contributed by atoms with E-state index < -0.39 is 0 Å². The van der Waals surface area contributed by atoms with Crippen molar-refractivity contribution in [2.24, 2.45) is 5.92 Å². The summed E-state index contributed by atoms with van der Waals surface area (Å²) in [5, 5.41) is 15.5. The maximum atomic E-state index is 12.7. The zero-order chi connectivity index (χ0) is 18.6. The van der Waals surface area contributed by atoms with Crippen LogP contribution >= 0.6 is 11.6 Å². The number of piperidine rings is 1. The van der Waals surface area contributed by atoms with Crippen molar-refractivity contribution in [2.75, 3.05) is 23.3 Å². The third kappa shape index (κ3) is 3.90. The predicted molar refractivity (Wildman–Crippen MR) is 102 cm³/mol. The highest BCUT2D eigenvalue weighted by molar-refractivity contribution is 6.30. The third-order valence-electron chi connectivity index (χ3n) is 4.51. The summed E-state index contributed by atoms with van der Waals surface area (Å²) >= 11 is 5.84. The standard InChI is InChI=1S/C18H18ClN7O/c19-14-8-9-16(20-11-14)21-17(27)13-5-4-10-25(12-13)18-22-23-24-26(18)15-6-2-1-3-7-15/h1-3,6-9,11,13H,4-5,10,12H2,(H,20,21,27). The SMILES string of the molecule is O=C(Nc1ccc(Cl)cn1)C1CCCN(c2nnnn2-c2ccccc2)C1. The van der Waals surface area contributed by atoms with Crippen LogP contribution in [0.2, 0.25) is 5.02 Å². The van der Waals surface area contributed by atoms with E-state index in [1.165, 1.54) is 6.20 Å².